The number of hydrogen-bond acceptors (Lipinski definition) is 4. The van der Waals surface area contributed by atoms with Crippen molar-refractivity contribution in [2.45, 2.75) is 13.8 Å². The van der Waals surface area contributed by atoms with Gasteiger partial charge in [0.15, 0.2) is 6.61 Å². The van der Waals surface area contributed by atoms with Gasteiger partial charge in [0.25, 0.3) is 5.91 Å². The molecule has 2 rings (SSSR count). The minimum absolute atomic E-state index is 0.0949. The number of ether oxygens (including phenoxy) is 1. The Balaban J connectivity index is 1.85. The normalized spacial score (nSPS) is 11.3. The van der Waals surface area contributed by atoms with Crippen LogP contribution in [-0.4, -0.2) is 18.2 Å². The number of carbonyl (C=O) groups excluding carboxylic acids is 1. The molecule has 0 aliphatic heterocycles. The summed E-state index contributed by atoms with van der Waals surface area (Å²) in [5, 5.41) is 6.67. The van der Waals surface area contributed by atoms with Crippen LogP contribution in [0.15, 0.2) is 40.8 Å². The first kappa shape index (κ1) is 15.5. The summed E-state index contributed by atoms with van der Waals surface area (Å²) < 4.78 is 5.39. The lowest BCUT2D eigenvalue weighted by Gasteiger charge is -2.07. The summed E-state index contributed by atoms with van der Waals surface area (Å²) in [7, 11) is 0. The van der Waals surface area contributed by atoms with E-state index >= 15 is 0 Å². The predicted molar refractivity (Wildman–Crippen MR) is 86.4 cm³/mol. The van der Waals surface area contributed by atoms with Crippen molar-refractivity contribution in [1.29, 1.82) is 0 Å². The molecule has 1 N–H and O–H groups in total. The van der Waals surface area contributed by atoms with Crippen molar-refractivity contribution >= 4 is 34.6 Å². The molecule has 0 radical (unpaired) electrons. The van der Waals surface area contributed by atoms with Crippen LogP contribution in [0, 0.1) is 6.92 Å². The van der Waals surface area contributed by atoms with Crippen molar-refractivity contribution in [3.05, 3.63) is 51.2 Å². The second-order valence-corrected chi connectivity index (χ2v) is 5.76. The molecule has 4 nitrogen and oxygen atoms in total. The molecule has 6 heteroatoms. The predicted octanol–water partition coefficient (Wildman–Crippen LogP) is 3.63. The number of carbonyl (C=O) groups is 1. The van der Waals surface area contributed by atoms with E-state index < -0.39 is 0 Å². The SMILES string of the molecule is CC(=NNC(=O)COc1ccc(Cl)c(C)c1)c1cccs1. The molecule has 21 heavy (non-hydrogen) atoms. The molecule has 110 valence electrons. The minimum Gasteiger partial charge on any atom is -0.484 e. The fourth-order valence-electron chi connectivity index (χ4n) is 1.57. The number of benzene rings is 1. The largest absolute Gasteiger partial charge is 0.484 e. The highest BCUT2D eigenvalue weighted by atomic mass is 35.5. The van der Waals surface area contributed by atoms with Gasteiger partial charge in [-0.1, -0.05) is 17.7 Å². The van der Waals surface area contributed by atoms with Gasteiger partial charge in [0.1, 0.15) is 5.75 Å². The molecule has 0 unspecified atom stereocenters. The zero-order chi connectivity index (χ0) is 15.2. The van der Waals surface area contributed by atoms with E-state index in [9.17, 15) is 4.79 Å². The number of nitrogens with one attached hydrogen (secondary N) is 1. The van der Waals surface area contributed by atoms with E-state index in [-0.39, 0.29) is 12.5 Å². The van der Waals surface area contributed by atoms with E-state index in [2.05, 4.69) is 10.5 Å². The van der Waals surface area contributed by atoms with E-state index in [1.165, 1.54) is 0 Å². The molecule has 0 fully saturated rings. The van der Waals surface area contributed by atoms with Crippen LogP contribution in [-0.2, 0) is 4.79 Å². The molecule has 0 spiro atoms. The van der Waals surface area contributed by atoms with Crippen molar-refractivity contribution in [1.82, 2.24) is 5.43 Å². The molecule has 1 aromatic carbocycles. The maximum atomic E-state index is 11.7. The summed E-state index contributed by atoms with van der Waals surface area (Å²) in [5.74, 6) is 0.296. The number of halogens is 1. The van der Waals surface area contributed by atoms with Crippen molar-refractivity contribution in [3.8, 4) is 5.75 Å². The summed E-state index contributed by atoms with van der Waals surface area (Å²) in [6.07, 6.45) is 0. The number of amides is 1. The van der Waals surface area contributed by atoms with Gasteiger partial charge in [-0.2, -0.15) is 5.10 Å². The Kier molecular flexibility index (Phi) is 5.36. The Hall–Kier alpha value is -1.85. The van der Waals surface area contributed by atoms with Crippen LogP contribution in [0.5, 0.6) is 5.75 Å². The second-order valence-electron chi connectivity index (χ2n) is 4.41. The highest BCUT2D eigenvalue weighted by molar-refractivity contribution is 7.12. The number of aryl methyl sites for hydroxylation is 1. The lowest BCUT2D eigenvalue weighted by Crippen LogP contribution is -2.25. The zero-order valence-corrected chi connectivity index (χ0v) is 13.3. The Morgan fingerprint density at radius 1 is 1.43 bits per heavy atom. The fourth-order valence-corrected chi connectivity index (χ4v) is 2.37. The third-order valence-corrected chi connectivity index (χ3v) is 4.13. The van der Waals surface area contributed by atoms with Crippen LogP contribution < -0.4 is 10.2 Å². The average molecular weight is 323 g/mol. The van der Waals surface area contributed by atoms with E-state index in [1.54, 1.807) is 29.5 Å². The fraction of sp³-hybridized carbons (Fsp3) is 0.200. The number of hydrazone groups is 1. The van der Waals surface area contributed by atoms with Gasteiger partial charge in [-0.3, -0.25) is 4.79 Å². The molecule has 0 atom stereocenters. The molecule has 2 aromatic rings. The van der Waals surface area contributed by atoms with Crippen molar-refractivity contribution in [2.24, 2.45) is 5.10 Å². The molecule has 1 amide bonds. The van der Waals surface area contributed by atoms with Gasteiger partial charge in [0, 0.05) is 9.90 Å². The Morgan fingerprint density at radius 3 is 2.90 bits per heavy atom. The lowest BCUT2D eigenvalue weighted by molar-refractivity contribution is -0.123. The number of thiophene rings is 1. The molecule has 0 aliphatic rings. The molecule has 0 aliphatic carbocycles. The van der Waals surface area contributed by atoms with E-state index in [0.717, 1.165) is 16.2 Å². The smallest absolute Gasteiger partial charge is 0.277 e. The lowest BCUT2D eigenvalue weighted by atomic mass is 10.2. The summed E-state index contributed by atoms with van der Waals surface area (Å²) >= 11 is 7.50. The van der Waals surface area contributed by atoms with Crippen LogP contribution in [0.2, 0.25) is 5.02 Å². The van der Waals surface area contributed by atoms with Gasteiger partial charge in [-0.05, 0) is 49.1 Å². The monoisotopic (exact) mass is 322 g/mol. The van der Waals surface area contributed by atoms with Crippen molar-refractivity contribution in [2.75, 3.05) is 6.61 Å². The number of hydrogen-bond donors (Lipinski definition) is 1. The quantitative estimate of drug-likeness (QED) is 0.675. The summed E-state index contributed by atoms with van der Waals surface area (Å²) in [4.78, 5) is 12.7. The van der Waals surface area contributed by atoms with Gasteiger partial charge in [0.05, 0.1) is 5.71 Å². The van der Waals surface area contributed by atoms with Crippen LogP contribution in [0.25, 0.3) is 0 Å². The molecule has 0 saturated carbocycles. The summed E-state index contributed by atoms with van der Waals surface area (Å²) in [6.45, 7) is 3.63. The summed E-state index contributed by atoms with van der Waals surface area (Å²) in [5.41, 5.74) is 4.14. The van der Waals surface area contributed by atoms with E-state index in [0.29, 0.717) is 10.8 Å². The van der Waals surface area contributed by atoms with Crippen molar-refractivity contribution < 1.29 is 9.53 Å². The standard InChI is InChI=1S/C15H15ClN2O2S/c1-10-8-12(5-6-13(10)16)20-9-15(19)18-17-11(2)14-4-3-7-21-14/h3-8H,9H2,1-2H3,(H,18,19). The third-order valence-electron chi connectivity index (χ3n) is 2.73. The van der Waals surface area contributed by atoms with Crippen LogP contribution in [0.4, 0.5) is 0 Å². The van der Waals surface area contributed by atoms with Crippen molar-refractivity contribution in [3.63, 3.8) is 0 Å². The molecule has 1 heterocycles. The first-order chi connectivity index (χ1) is 10.1. The molecular formula is C15H15ClN2O2S. The molecule has 1 aromatic heterocycles. The van der Waals surface area contributed by atoms with Gasteiger partial charge in [-0.15, -0.1) is 11.3 Å². The molecule has 0 saturated heterocycles. The number of rotatable bonds is 5. The third kappa shape index (κ3) is 4.58. The Labute approximate surface area is 132 Å². The van der Waals surface area contributed by atoms with Crippen LogP contribution in [0.3, 0.4) is 0 Å². The first-order valence-corrected chi connectivity index (χ1v) is 7.58. The molecular weight excluding hydrogens is 308 g/mol. The highest BCUT2D eigenvalue weighted by Gasteiger charge is 2.04. The molecule has 0 bridgehead atoms. The van der Waals surface area contributed by atoms with Gasteiger partial charge < -0.3 is 4.74 Å². The first-order valence-electron chi connectivity index (χ1n) is 6.32. The van der Waals surface area contributed by atoms with Gasteiger partial charge >= 0.3 is 0 Å². The Morgan fingerprint density at radius 2 is 2.24 bits per heavy atom. The average Bonchev–Trinajstić information content (AvgIpc) is 3.00. The van der Waals surface area contributed by atoms with Crippen LogP contribution in [0.1, 0.15) is 17.4 Å². The van der Waals surface area contributed by atoms with Gasteiger partial charge in [0.2, 0.25) is 0 Å². The topological polar surface area (TPSA) is 50.7 Å². The van der Waals surface area contributed by atoms with E-state index in [4.69, 9.17) is 16.3 Å². The Bertz CT molecular complexity index is 654. The highest BCUT2D eigenvalue weighted by Crippen LogP contribution is 2.20. The van der Waals surface area contributed by atoms with E-state index in [1.807, 2.05) is 31.4 Å². The zero-order valence-electron chi connectivity index (χ0n) is 11.7. The van der Waals surface area contributed by atoms with Crippen LogP contribution >= 0.6 is 22.9 Å². The maximum Gasteiger partial charge on any atom is 0.277 e. The number of nitrogens with zero attached hydrogens (tertiary/aromatic N) is 1. The maximum absolute atomic E-state index is 11.7. The minimum atomic E-state index is -0.307. The van der Waals surface area contributed by atoms with Gasteiger partial charge in [-0.25, -0.2) is 5.43 Å². The second kappa shape index (κ2) is 7.24. The summed E-state index contributed by atoms with van der Waals surface area (Å²) in [6, 6.07) is 9.14.